The maximum atomic E-state index is 10.9. The molecule has 1 aliphatic rings. The van der Waals surface area contributed by atoms with Gasteiger partial charge in [0.25, 0.3) is 0 Å². The van der Waals surface area contributed by atoms with Crippen molar-refractivity contribution < 1.29 is 5.11 Å². The van der Waals surface area contributed by atoms with Crippen molar-refractivity contribution in [1.82, 2.24) is 9.78 Å². The molecule has 19 heavy (non-hydrogen) atoms. The molecule has 2 rings (SSSR count). The molecule has 2 unspecified atom stereocenters. The summed E-state index contributed by atoms with van der Waals surface area (Å²) in [7, 11) is 1.90. The summed E-state index contributed by atoms with van der Waals surface area (Å²) in [5.41, 5.74) is 1.20. The van der Waals surface area contributed by atoms with Crippen LogP contribution in [0.25, 0.3) is 0 Å². The molecule has 0 amide bonds. The highest BCUT2D eigenvalue weighted by Gasteiger charge is 2.36. The Bertz CT molecular complexity index is 455. The average molecular weight is 285 g/mol. The molecule has 1 aliphatic carbocycles. The Morgan fingerprint density at radius 1 is 1.53 bits per heavy atom. The van der Waals surface area contributed by atoms with Gasteiger partial charge in [-0.05, 0) is 38.0 Å². The molecule has 1 fully saturated rings. The van der Waals surface area contributed by atoms with Crippen molar-refractivity contribution in [3.63, 3.8) is 0 Å². The van der Waals surface area contributed by atoms with Gasteiger partial charge in [-0.2, -0.15) is 5.10 Å². The molecule has 1 aromatic rings. The standard InChI is InChI=1S/C15H25ClN2O/c1-10(2)12-6-5-7-15(19,8-12)9-13-14(16)11(3)17-18(13)4/h10,12,19H,5-9H2,1-4H3. The molecule has 1 heterocycles. The number of hydrogen-bond acceptors (Lipinski definition) is 2. The van der Waals surface area contributed by atoms with Gasteiger partial charge in [0.1, 0.15) is 0 Å². The van der Waals surface area contributed by atoms with E-state index in [-0.39, 0.29) is 0 Å². The summed E-state index contributed by atoms with van der Waals surface area (Å²) >= 11 is 6.30. The van der Waals surface area contributed by atoms with E-state index in [9.17, 15) is 5.11 Å². The minimum atomic E-state index is -0.614. The SMILES string of the molecule is Cc1nn(C)c(CC2(O)CCCC(C(C)C)C2)c1Cl. The number of halogens is 1. The molecule has 0 saturated heterocycles. The number of rotatable bonds is 3. The lowest BCUT2D eigenvalue weighted by Crippen LogP contribution is -2.39. The van der Waals surface area contributed by atoms with Crippen LogP contribution in [-0.2, 0) is 13.5 Å². The number of aromatic nitrogens is 2. The second-order valence-corrected chi connectivity index (χ2v) is 6.85. The molecule has 108 valence electrons. The predicted molar refractivity (Wildman–Crippen MR) is 78.4 cm³/mol. The Balaban J connectivity index is 2.16. The number of aliphatic hydroxyl groups is 1. The Hall–Kier alpha value is -0.540. The van der Waals surface area contributed by atoms with Crippen LogP contribution in [0.4, 0.5) is 0 Å². The third-order valence-corrected chi connectivity index (χ3v) is 5.05. The van der Waals surface area contributed by atoms with Gasteiger partial charge in [0.05, 0.1) is 22.0 Å². The van der Waals surface area contributed by atoms with Crippen molar-refractivity contribution in [2.45, 2.75) is 58.5 Å². The summed E-state index contributed by atoms with van der Waals surface area (Å²) in [6.07, 6.45) is 4.71. The van der Waals surface area contributed by atoms with Gasteiger partial charge < -0.3 is 5.11 Å². The van der Waals surface area contributed by atoms with Gasteiger partial charge in [-0.15, -0.1) is 0 Å². The highest BCUT2D eigenvalue weighted by atomic mass is 35.5. The Morgan fingerprint density at radius 3 is 2.74 bits per heavy atom. The maximum absolute atomic E-state index is 10.9. The zero-order valence-corrected chi connectivity index (χ0v) is 13.2. The van der Waals surface area contributed by atoms with Gasteiger partial charge in [-0.3, -0.25) is 4.68 Å². The van der Waals surface area contributed by atoms with Crippen molar-refractivity contribution in [2.75, 3.05) is 0 Å². The van der Waals surface area contributed by atoms with E-state index >= 15 is 0 Å². The quantitative estimate of drug-likeness (QED) is 0.922. The Morgan fingerprint density at radius 2 is 2.21 bits per heavy atom. The van der Waals surface area contributed by atoms with Crippen LogP contribution in [0.1, 0.15) is 50.9 Å². The van der Waals surface area contributed by atoms with Crippen molar-refractivity contribution in [2.24, 2.45) is 18.9 Å². The first-order valence-corrected chi connectivity index (χ1v) is 7.60. The summed E-state index contributed by atoms with van der Waals surface area (Å²) in [4.78, 5) is 0. The lowest BCUT2D eigenvalue weighted by molar-refractivity contribution is -0.0252. The van der Waals surface area contributed by atoms with Gasteiger partial charge in [0.2, 0.25) is 0 Å². The van der Waals surface area contributed by atoms with Crippen LogP contribution >= 0.6 is 11.6 Å². The molecule has 0 aliphatic heterocycles. The lowest BCUT2D eigenvalue weighted by atomic mass is 9.72. The fourth-order valence-corrected chi connectivity index (χ4v) is 3.53. The zero-order chi connectivity index (χ0) is 14.2. The van der Waals surface area contributed by atoms with Gasteiger partial charge in [0, 0.05) is 13.5 Å². The van der Waals surface area contributed by atoms with Crippen LogP contribution in [0.5, 0.6) is 0 Å². The van der Waals surface area contributed by atoms with Gasteiger partial charge in [0.15, 0.2) is 0 Å². The molecule has 0 bridgehead atoms. The van der Waals surface area contributed by atoms with E-state index in [4.69, 9.17) is 11.6 Å². The molecule has 0 aromatic carbocycles. The van der Waals surface area contributed by atoms with Crippen LogP contribution in [0, 0.1) is 18.8 Å². The van der Waals surface area contributed by atoms with Gasteiger partial charge in [-0.25, -0.2) is 0 Å². The van der Waals surface area contributed by atoms with Crippen LogP contribution < -0.4 is 0 Å². The largest absolute Gasteiger partial charge is 0.389 e. The van der Waals surface area contributed by atoms with E-state index in [0.717, 1.165) is 30.7 Å². The molecule has 4 heteroatoms. The number of nitrogens with zero attached hydrogens (tertiary/aromatic N) is 2. The fraction of sp³-hybridized carbons (Fsp3) is 0.800. The third-order valence-electron chi connectivity index (χ3n) is 4.56. The van der Waals surface area contributed by atoms with Crippen LogP contribution in [0.15, 0.2) is 0 Å². The highest BCUT2D eigenvalue weighted by molar-refractivity contribution is 6.31. The van der Waals surface area contributed by atoms with Crippen LogP contribution in [-0.4, -0.2) is 20.5 Å². The minimum Gasteiger partial charge on any atom is -0.389 e. The summed E-state index contributed by atoms with van der Waals surface area (Å²) in [6.45, 7) is 6.41. The molecule has 1 aromatic heterocycles. The predicted octanol–water partition coefficient (Wildman–Crippen LogP) is 3.50. The molecule has 3 nitrogen and oxygen atoms in total. The highest BCUT2D eigenvalue weighted by Crippen LogP contribution is 2.39. The summed E-state index contributed by atoms with van der Waals surface area (Å²) in [6, 6.07) is 0. The molecular weight excluding hydrogens is 260 g/mol. The third kappa shape index (κ3) is 3.14. The first kappa shape index (κ1) is 14.9. The van der Waals surface area contributed by atoms with Gasteiger partial charge >= 0.3 is 0 Å². The molecule has 0 spiro atoms. The molecule has 2 atom stereocenters. The van der Waals surface area contributed by atoms with Crippen molar-refractivity contribution in [3.8, 4) is 0 Å². The van der Waals surface area contributed by atoms with E-state index in [1.165, 1.54) is 6.42 Å². The monoisotopic (exact) mass is 284 g/mol. The fourth-order valence-electron chi connectivity index (χ4n) is 3.30. The normalized spacial score (nSPS) is 28.1. The molecule has 1 saturated carbocycles. The average Bonchev–Trinajstić information content (AvgIpc) is 2.56. The zero-order valence-electron chi connectivity index (χ0n) is 12.4. The number of aryl methyl sites for hydroxylation is 2. The van der Waals surface area contributed by atoms with Crippen molar-refractivity contribution in [3.05, 3.63) is 16.4 Å². The van der Waals surface area contributed by atoms with E-state index in [1.807, 2.05) is 18.7 Å². The number of hydrogen-bond donors (Lipinski definition) is 1. The molecular formula is C15H25ClN2O. The molecule has 0 radical (unpaired) electrons. The second kappa shape index (κ2) is 5.45. The van der Waals surface area contributed by atoms with Crippen molar-refractivity contribution >= 4 is 11.6 Å². The van der Waals surface area contributed by atoms with Gasteiger partial charge in [-0.1, -0.05) is 31.9 Å². The van der Waals surface area contributed by atoms with Crippen LogP contribution in [0.3, 0.4) is 0 Å². The topological polar surface area (TPSA) is 38.0 Å². The minimum absolute atomic E-state index is 0.614. The Labute approximate surface area is 121 Å². The molecule has 1 N–H and O–H groups in total. The Kier molecular flexibility index (Phi) is 4.26. The van der Waals surface area contributed by atoms with E-state index < -0.39 is 5.60 Å². The van der Waals surface area contributed by atoms with E-state index in [0.29, 0.717) is 23.3 Å². The summed E-state index contributed by atoms with van der Waals surface area (Å²) in [5.74, 6) is 1.25. The first-order chi connectivity index (χ1) is 8.82. The smallest absolute Gasteiger partial charge is 0.0848 e. The van der Waals surface area contributed by atoms with Crippen LogP contribution in [0.2, 0.25) is 5.02 Å². The summed E-state index contributed by atoms with van der Waals surface area (Å²) in [5, 5.41) is 15.9. The second-order valence-electron chi connectivity index (χ2n) is 6.47. The van der Waals surface area contributed by atoms with Crippen molar-refractivity contribution in [1.29, 1.82) is 0 Å². The first-order valence-electron chi connectivity index (χ1n) is 7.23. The summed E-state index contributed by atoms with van der Waals surface area (Å²) < 4.78 is 1.81. The lowest BCUT2D eigenvalue weighted by Gasteiger charge is -2.38. The van der Waals surface area contributed by atoms with E-state index in [2.05, 4.69) is 18.9 Å². The maximum Gasteiger partial charge on any atom is 0.0848 e. The van der Waals surface area contributed by atoms with E-state index in [1.54, 1.807) is 0 Å².